The van der Waals surface area contributed by atoms with Gasteiger partial charge >= 0.3 is 0 Å². The standard InChI is InChI=1S/C21H19FN2O4S/c1-28-19-10-2-15(3-11-19)14-23-21(25)16-4-8-18(9-5-16)24-29(26,27)20-12-6-17(22)7-13-20/h2-13,24H,14H2,1H3,(H,23,25). The van der Waals surface area contributed by atoms with Crippen molar-refractivity contribution in [1.82, 2.24) is 5.32 Å². The molecule has 0 aliphatic heterocycles. The smallest absolute Gasteiger partial charge is 0.261 e. The molecule has 0 saturated heterocycles. The molecule has 0 bridgehead atoms. The van der Waals surface area contributed by atoms with Gasteiger partial charge in [0.25, 0.3) is 15.9 Å². The molecule has 0 atom stereocenters. The Bertz CT molecular complexity index is 1080. The second kappa shape index (κ2) is 8.74. The van der Waals surface area contributed by atoms with Crippen molar-refractivity contribution in [2.75, 3.05) is 11.8 Å². The van der Waals surface area contributed by atoms with Crippen LogP contribution in [-0.2, 0) is 16.6 Å². The number of sulfonamides is 1. The Hall–Kier alpha value is -3.39. The Morgan fingerprint density at radius 3 is 2.14 bits per heavy atom. The van der Waals surface area contributed by atoms with E-state index >= 15 is 0 Å². The van der Waals surface area contributed by atoms with E-state index in [4.69, 9.17) is 4.74 Å². The first kappa shape index (κ1) is 20.3. The summed E-state index contributed by atoms with van der Waals surface area (Å²) < 4.78 is 45.1. The van der Waals surface area contributed by atoms with E-state index in [0.29, 0.717) is 17.8 Å². The minimum absolute atomic E-state index is 0.0554. The van der Waals surface area contributed by atoms with Gasteiger partial charge in [-0.2, -0.15) is 0 Å². The maximum absolute atomic E-state index is 13.0. The van der Waals surface area contributed by atoms with Crippen LogP contribution in [0, 0.1) is 5.82 Å². The molecule has 8 heteroatoms. The third-order valence-electron chi connectivity index (χ3n) is 4.14. The number of benzene rings is 3. The van der Waals surface area contributed by atoms with E-state index in [1.54, 1.807) is 7.11 Å². The minimum Gasteiger partial charge on any atom is -0.497 e. The van der Waals surface area contributed by atoms with Crippen molar-refractivity contribution in [3.63, 3.8) is 0 Å². The third kappa shape index (κ3) is 5.32. The van der Waals surface area contributed by atoms with Gasteiger partial charge in [-0.05, 0) is 66.2 Å². The summed E-state index contributed by atoms with van der Waals surface area (Å²) in [5, 5.41) is 2.80. The van der Waals surface area contributed by atoms with Gasteiger partial charge in [0.15, 0.2) is 0 Å². The molecular formula is C21H19FN2O4S. The van der Waals surface area contributed by atoms with Gasteiger partial charge in [0.2, 0.25) is 0 Å². The van der Waals surface area contributed by atoms with Crippen LogP contribution in [0.3, 0.4) is 0 Å². The lowest BCUT2D eigenvalue weighted by Crippen LogP contribution is -2.22. The summed E-state index contributed by atoms with van der Waals surface area (Å²) in [6.45, 7) is 0.349. The summed E-state index contributed by atoms with van der Waals surface area (Å²) >= 11 is 0. The molecule has 0 saturated carbocycles. The molecule has 0 spiro atoms. The zero-order valence-corrected chi connectivity index (χ0v) is 16.4. The van der Waals surface area contributed by atoms with Crippen molar-refractivity contribution < 1.29 is 22.3 Å². The normalized spacial score (nSPS) is 11.0. The number of methoxy groups -OCH3 is 1. The molecule has 2 N–H and O–H groups in total. The van der Waals surface area contributed by atoms with Crippen LogP contribution in [0.5, 0.6) is 5.75 Å². The van der Waals surface area contributed by atoms with E-state index < -0.39 is 15.8 Å². The molecular weight excluding hydrogens is 395 g/mol. The molecule has 1 amide bonds. The maximum atomic E-state index is 13.0. The van der Waals surface area contributed by atoms with Gasteiger partial charge in [-0.3, -0.25) is 9.52 Å². The molecule has 3 rings (SSSR count). The van der Waals surface area contributed by atoms with Gasteiger partial charge in [-0.1, -0.05) is 12.1 Å². The number of ether oxygens (including phenoxy) is 1. The topological polar surface area (TPSA) is 84.5 Å². The average molecular weight is 414 g/mol. The molecule has 3 aromatic rings. The number of hydrogen-bond donors (Lipinski definition) is 2. The molecule has 0 heterocycles. The maximum Gasteiger partial charge on any atom is 0.261 e. The number of hydrogen-bond acceptors (Lipinski definition) is 4. The van der Waals surface area contributed by atoms with Gasteiger partial charge in [0, 0.05) is 17.8 Å². The Labute approximate surface area is 168 Å². The molecule has 150 valence electrons. The van der Waals surface area contributed by atoms with Crippen molar-refractivity contribution >= 4 is 21.6 Å². The Morgan fingerprint density at radius 1 is 0.931 bits per heavy atom. The highest BCUT2D eigenvalue weighted by Crippen LogP contribution is 2.17. The number of anilines is 1. The van der Waals surface area contributed by atoms with Crippen LogP contribution in [0.1, 0.15) is 15.9 Å². The van der Waals surface area contributed by atoms with Crippen LogP contribution in [0.4, 0.5) is 10.1 Å². The monoisotopic (exact) mass is 414 g/mol. The zero-order chi connectivity index (χ0) is 20.9. The first-order valence-corrected chi connectivity index (χ1v) is 10.2. The zero-order valence-electron chi connectivity index (χ0n) is 15.6. The number of rotatable bonds is 7. The number of carbonyl (C=O) groups excluding carboxylic acids is 1. The lowest BCUT2D eigenvalue weighted by molar-refractivity contribution is 0.0951. The molecule has 0 radical (unpaired) electrons. The van der Waals surface area contributed by atoms with E-state index in [9.17, 15) is 17.6 Å². The van der Waals surface area contributed by atoms with Gasteiger partial charge in [0.1, 0.15) is 11.6 Å². The first-order valence-electron chi connectivity index (χ1n) is 8.67. The van der Waals surface area contributed by atoms with Crippen LogP contribution < -0.4 is 14.8 Å². The van der Waals surface area contributed by atoms with Crippen molar-refractivity contribution in [1.29, 1.82) is 0 Å². The number of nitrogens with one attached hydrogen (secondary N) is 2. The summed E-state index contributed by atoms with van der Waals surface area (Å²) in [6.07, 6.45) is 0. The molecule has 0 aromatic heterocycles. The predicted octanol–water partition coefficient (Wildman–Crippen LogP) is 3.57. The molecule has 0 fully saturated rings. The summed E-state index contributed by atoms with van der Waals surface area (Å²) in [6, 6.07) is 17.9. The number of amides is 1. The Kier molecular flexibility index (Phi) is 6.13. The fourth-order valence-electron chi connectivity index (χ4n) is 2.55. The Balaban J connectivity index is 1.61. The van der Waals surface area contributed by atoms with Crippen LogP contribution in [0.25, 0.3) is 0 Å². The highest BCUT2D eigenvalue weighted by Gasteiger charge is 2.14. The summed E-state index contributed by atoms with van der Waals surface area (Å²) in [4.78, 5) is 12.2. The van der Waals surface area contributed by atoms with Crippen LogP contribution in [0.2, 0.25) is 0 Å². The van der Waals surface area contributed by atoms with Crippen molar-refractivity contribution in [3.05, 3.63) is 89.7 Å². The van der Waals surface area contributed by atoms with Gasteiger partial charge in [-0.15, -0.1) is 0 Å². The fraction of sp³-hybridized carbons (Fsp3) is 0.0952. The van der Waals surface area contributed by atoms with E-state index in [-0.39, 0.29) is 10.8 Å². The molecule has 0 aliphatic carbocycles. The van der Waals surface area contributed by atoms with Crippen molar-refractivity contribution in [2.45, 2.75) is 11.4 Å². The lowest BCUT2D eigenvalue weighted by atomic mass is 10.2. The first-order chi connectivity index (χ1) is 13.9. The highest BCUT2D eigenvalue weighted by molar-refractivity contribution is 7.92. The van der Waals surface area contributed by atoms with Crippen LogP contribution >= 0.6 is 0 Å². The molecule has 0 aliphatic rings. The molecule has 0 unspecified atom stereocenters. The number of halogens is 1. The van der Waals surface area contributed by atoms with E-state index in [0.717, 1.165) is 23.4 Å². The third-order valence-corrected chi connectivity index (χ3v) is 5.53. The van der Waals surface area contributed by atoms with Gasteiger partial charge in [0.05, 0.1) is 12.0 Å². The summed E-state index contributed by atoms with van der Waals surface area (Å²) in [5.41, 5.74) is 1.60. The van der Waals surface area contributed by atoms with Gasteiger partial charge in [-0.25, -0.2) is 12.8 Å². The SMILES string of the molecule is COc1ccc(CNC(=O)c2ccc(NS(=O)(=O)c3ccc(F)cc3)cc2)cc1. The minimum atomic E-state index is -3.84. The van der Waals surface area contributed by atoms with E-state index in [1.165, 1.54) is 36.4 Å². The highest BCUT2D eigenvalue weighted by atomic mass is 32.2. The largest absolute Gasteiger partial charge is 0.497 e. The average Bonchev–Trinajstić information content (AvgIpc) is 2.73. The van der Waals surface area contributed by atoms with E-state index in [2.05, 4.69) is 10.0 Å². The molecule has 3 aromatic carbocycles. The summed E-state index contributed by atoms with van der Waals surface area (Å²) in [7, 11) is -2.26. The van der Waals surface area contributed by atoms with Crippen LogP contribution in [0.15, 0.2) is 77.7 Å². The summed E-state index contributed by atoms with van der Waals surface area (Å²) in [5.74, 6) is -0.0681. The predicted molar refractivity (Wildman–Crippen MR) is 108 cm³/mol. The second-order valence-corrected chi connectivity index (χ2v) is 7.85. The Morgan fingerprint density at radius 2 is 1.55 bits per heavy atom. The van der Waals surface area contributed by atoms with Crippen molar-refractivity contribution in [2.24, 2.45) is 0 Å². The second-order valence-electron chi connectivity index (χ2n) is 6.17. The quantitative estimate of drug-likeness (QED) is 0.619. The molecule has 29 heavy (non-hydrogen) atoms. The van der Waals surface area contributed by atoms with Crippen LogP contribution in [-0.4, -0.2) is 21.4 Å². The number of carbonyl (C=O) groups is 1. The van der Waals surface area contributed by atoms with Crippen molar-refractivity contribution in [3.8, 4) is 5.75 Å². The van der Waals surface area contributed by atoms with Gasteiger partial charge < -0.3 is 10.1 Å². The molecule has 6 nitrogen and oxygen atoms in total. The van der Waals surface area contributed by atoms with E-state index in [1.807, 2.05) is 24.3 Å². The lowest BCUT2D eigenvalue weighted by Gasteiger charge is -2.09. The fourth-order valence-corrected chi connectivity index (χ4v) is 3.60.